The third-order valence-corrected chi connectivity index (χ3v) is 3.39. The Morgan fingerprint density at radius 3 is 1.81 bits per heavy atom. The van der Waals surface area contributed by atoms with Crippen LogP contribution in [0.25, 0.3) is 0 Å². The Hall–Kier alpha value is -1.39. The van der Waals surface area contributed by atoms with E-state index >= 15 is 0 Å². The van der Waals surface area contributed by atoms with Crippen LogP contribution in [0.4, 0.5) is 0 Å². The second kappa shape index (κ2) is 13.6. The Labute approximate surface area is 128 Å². The quantitative estimate of drug-likeness (QED) is 0.512. The Morgan fingerprint density at radius 1 is 0.762 bits per heavy atom. The summed E-state index contributed by atoms with van der Waals surface area (Å²) in [5.41, 5.74) is 0. The van der Waals surface area contributed by atoms with Crippen LogP contribution in [0.2, 0.25) is 0 Å². The van der Waals surface area contributed by atoms with Gasteiger partial charge in [-0.1, -0.05) is 19.3 Å². The van der Waals surface area contributed by atoms with Crippen molar-refractivity contribution in [2.45, 2.75) is 71.1 Å². The largest absolute Gasteiger partial charge is 0.359 e. The molecule has 0 heterocycles. The summed E-state index contributed by atoms with van der Waals surface area (Å²) in [5, 5.41) is 5.35. The second-order valence-electron chi connectivity index (χ2n) is 5.42. The summed E-state index contributed by atoms with van der Waals surface area (Å²) >= 11 is 0. The van der Waals surface area contributed by atoms with Crippen LogP contribution in [-0.4, -0.2) is 31.2 Å². The maximum absolute atomic E-state index is 11.6. The molecule has 0 aliphatic rings. The van der Waals surface area contributed by atoms with Gasteiger partial charge in [0.25, 0.3) is 0 Å². The fraction of sp³-hybridized carbons (Fsp3) is 0.812. The number of ketones is 1. The number of carbonyl (C=O) groups excluding carboxylic acids is 3. The second-order valence-corrected chi connectivity index (χ2v) is 5.42. The molecule has 0 atom stereocenters. The zero-order valence-electron chi connectivity index (χ0n) is 13.5. The van der Waals surface area contributed by atoms with E-state index in [-0.39, 0.29) is 11.8 Å². The molecule has 0 rings (SSSR count). The van der Waals surface area contributed by atoms with Crippen molar-refractivity contribution in [1.82, 2.24) is 10.6 Å². The van der Waals surface area contributed by atoms with Gasteiger partial charge in [0.2, 0.25) is 11.8 Å². The van der Waals surface area contributed by atoms with Crippen LogP contribution in [0.5, 0.6) is 0 Å². The van der Waals surface area contributed by atoms with Crippen molar-refractivity contribution in [1.29, 1.82) is 0 Å². The van der Waals surface area contributed by atoms with Crippen molar-refractivity contribution in [3.63, 3.8) is 0 Å². The number of carbonyl (C=O) groups is 3. The zero-order valence-corrected chi connectivity index (χ0v) is 13.5. The van der Waals surface area contributed by atoms with Gasteiger partial charge in [-0.2, -0.15) is 0 Å². The molecule has 2 amide bonds. The molecule has 0 spiro atoms. The molecule has 0 radical (unpaired) electrons. The highest BCUT2D eigenvalue weighted by molar-refractivity contribution is 5.78. The topological polar surface area (TPSA) is 75.3 Å². The van der Waals surface area contributed by atoms with Crippen LogP contribution in [0.3, 0.4) is 0 Å². The average molecular weight is 298 g/mol. The third kappa shape index (κ3) is 14.8. The van der Waals surface area contributed by atoms with Gasteiger partial charge in [-0.3, -0.25) is 14.4 Å². The normalized spacial score (nSPS) is 10.2. The molecule has 0 aliphatic heterocycles. The third-order valence-electron chi connectivity index (χ3n) is 3.39. The first-order chi connectivity index (χ1) is 10.1. The van der Waals surface area contributed by atoms with Crippen LogP contribution >= 0.6 is 0 Å². The molecule has 0 saturated heterocycles. The first-order valence-corrected chi connectivity index (χ1v) is 8.03. The standard InChI is InChI=1S/C16H30N2O3/c1-14(19)18-13-9-5-7-11-15(20)10-6-3-4-8-12-16(21)17-2/h3-13H2,1-2H3,(H,17,21)(H,18,19). The predicted molar refractivity (Wildman–Crippen MR) is 83.9 cm³/mol. The van der Waals surface area contributed by atoms with Gasteiger partial charge in [0, 0.05) is 39.8 Å². The van der Waals surface area contributed by atoms with Gasteiger partial charge < -0.3 is 10.6 Å². The highest BCUT2D eigenvalue weighted by Gasteiger charge is 2.02. The molecule has 0 bridgehead atoms. The molecule has 2 N–H and O–H groups in total. The van der Waals surface area contributed by atoms with Crippen LogP contribution in [0.1, 0.15) is 71.1 Å². The number of hydrogen-bond acceptors (Lipinski definition) is 3. The van der Waals surface area contributed by atoms with Crippen LogP contribution in [0, 0.1) is 0 Å². The predicted octanol–water partition coefficient (Wildman–Crippen LogP) is 2.34. The van der Waals surface area contributed by atoms with Gasteiger partial charge in [-0.15, -0.1) is 0 Å². The van der Waals surface area contributed by atoms with Gasteiger partial charge in [-0.05, 0) is 25.7 Å². The molecule has 5 nitrogen and oxygen atoms in total. The van der Waals surface area contributed by atoms with Gasteiger partial charge in [0.1, 0.15) is 5.78 Å². The van der Waals surface area contributed by atoms with E-state index in [9.17, 15) is 14.4 Å². The number of unbranched alkanes of at least 4 members (excludes halogenated alkanes) is 5. The Morgan fingerprint density at radius 2 is 1.29 bits per heavy atom. The first-order valence-electron chi connectivity index (χ1n) is 8.03. The van der Waals surface area contributed by atoms with Gasteiger partial charge in [0.05, 0.1) is 0 Å². The van der Waals surface area contributed by atoms with E-state index < -0.39 is 0 Å². The lowest BCUT2D eigenvalue weighted by atomic mass is 10.0. The van der Waals surface area contributed by atoms with Gasteiger partial charge >= 0.3 is 0 Å². The minimum atomic E-state index is 0.00231. The molecular formula is C16H30N2O3. The molecule has 21 heavy (non-hydrogen) atoms. The molecule has 0 unspecified atom stereocenters. The Kier molecular flexibility index (Phi) is 12.7. The fourth-order valence-electron chi connectivity index (χ4n) is 2.10. The van der Waals surface area contributed by atoms with Crippen LogP contribution < -0.4 is 10.6 Å². The lowest BCUT2D eigenvalue weighted by Crippen LogP contribution is -2.20. The summed E-state index contributed by atoms with van der Waals surface area (Å²) in [4.78, 5) is 33.3. The summed E-state index contributed by atoms with van der Waals surface area (Å²) in [5.74, 6) is 0.425. The number of nitrogens with one attached hydrogen (secondary N) is 2. The smallest absolute Gasteiger partial charge is 0.219 e. The summed E-state index contributed by atoms with van der Waals surface area (Å²) < 4.78 is 0. The van der Waals surface area contributed by atoms with Crippen molar-refractivity contribution in [3.05, 3.63) is 0 Å². The van der Waals surface area contributed by atoms with E-state index in [1.54, 1.807) is 7.05 Å². The minimum absolute atomic E-state index is 0.00231. The molecule has 0 aromatic carbocycles. The van der Waals surface area contributed by atoms with Crippen molar-refractivity contribution in [3.8, 4) is 0 Å². The van der Waals surface area contributed by atoms with E-state index in [1.807, 2.05) is 0 Å². The lowest BCUT2D eigenvalue weighted by molar-refractivity contribution is -0.121. The number of Topliss-reactive ketones (excluding diaryl/α,β-unsaturated/α-hetero) is 1. The molecule has 0 aliphatic carbocycles. The molecule has 0 fully saturated rings. The fourth-order valence-corrected chi connectivity index (χ4v) is 2.10. The number of amides is 2. The van der Waals surface area contributed by atoms with E-state index in [0.717, 1.165) is 44.9 Å². The molecule has 122 valence electrons. The van der Waals surface area contributed by atoms with E-state index in [1.165, 1.54) is 6.92 Å². The zero-order chi connectivity index (χ0) is 15.9. The van der Waals surface area contributed by atoms with Gasteiger partial charge in [-0.25, -0.2) is 0 Å². The monoisotopic (exact) mass is 298 g/mol. The SMILES string of the molecule is CNC(=O)CCCCCCC(=O)CCCCCNC(C)=O. The van der Waals surface area contributed by atoms with E-state index in [0.29, 0.717) is 31.6 Å². The minimum Gasteiger partial charge on any atom is -0.359 e. The Balaban J connectivity index is 3.27. The number of hydrogen-bond donors (Lipinski definition) is 2. The summed E-state index contributed by atoms with van der Waals surface area (Å²) in [7, 11) is 1.65. The number of rotatable bonds is 13. The van der Waals surface area contributed by atoms with E-state index in [2.05, 4.69) is 10.6 Å². The van der Waals surface area contributed by atoms with Crippen LogP contribution in [0.15, 0.2) is 0 Å². The van der Waals surface area contributed by atoms with Crippen LogP contribution in [-0.2, 0) is 14.4 Å². The lowest BCUT2D eigenvalue weighted by Gasteiger charge is -2.03. The van der Waals surface area contributed by atoms with E-state index in [4.69, 9.17) is 0 Å². The molecule has 0 aromatic heterocycles. The van der Waals surface area contributed by atoms with Crippen molar-refractivity contribution < 1.29 is 14.4 Å². The molecular weight excluding hydrogens is 268 g/mol. The van der Waals surface area contributed by atoms with Gasteiger partial charge in [0.15, 0.2) is 0 Å². The van der Waals surface area contributed by atoms with Crippen molar-refractivity contribution >= 4 is 17.6 Å². The molecule has 0 aromatic rings. The molecule has 0 saturated carbocycles. The summed E-state index contributed by atoms with van der Waals surface area (Å²) in [6.45, 7) is 2.22. The maximum Gasteiger partial charge on any atom is 0.219 e. The molecule has 5 heteroatoms. The summed E-state index contributed by atoms with van der Waals surface area (Å²) in [6, 6.07) is 0. The highest BCUT2D eigenvalue weighted by atomic mass is 16.2. The average Bonchev–Trinajstić information content (AvgIpc) is 2.45. The highest BCUT2D eigenvalue weighted by Crippen LogP contribution is 2.09. The van der Waals surface area contributed by atoms with Crippen molar-refractivity contribution in [2.75, 3.05) is 13.6 Å². The Bertz CT molecular complexity index is 317. The first kappa shape index (κ1) is 19.6. The maximum atomic E-state index is 11.6. The van der Waals surface area contributed by atoms with Crippen molar-refractivity contribution in [2.24, 2.45) is 0 Å². The summed E-state index contributed by atoms with van der Waals surface area (Å²) in [6.07, 6.45) is 8.58.